The van der Waals surface area contributed by atoms with E-state index in [-0.39, 0.29) is 5.89 Å². The fourth-order valence-electron chi connectivity index (χ4n) is 3.13. The summed E-state index contributed by atoms with van der Waals surface area (Å²) >= 11 is 0. The van der Waals surface area contributed by atoms with E-state index in [4.69, 9.17) is 14.0 Å². The molecule has 0 unspecified atom stereocenters. The van der Waals surface area contributed by atoms with E-state index in [9.17, 15) is 4.79 Å². The highest BCUT2D eigenvalue weighted by molar-refractivity contribution is 5.90. The number of aromatic amines is 1. The van der Waals surface area contributed by atoms with Gasteiger partial charge in [-0.3, -0.25) is 4.79 Å². The molecule has 0 spiro atoms. The molecule has 2 aromatic carbocycles. The molecule has 0 saturated carbocycles. The fraction of sp³-hybridized carbons (Fsp3) is 0.190. The topological polar surface area (TPSA) is 102 Å². The van der Waals surface area contributed by atoms with E-state index < -0.39 is 5.91 Å². The first-order valence-electron chi connectivity index (χ1n) is 9.09. The number of ether oxygens (including phenoxy) is 2. The number of benzene rings is 2. The van der Waals surface area contributed by atoms with Gasteiger partial charge in [0, 0.05) is 29.2 Å². The van der Waals surface area contributed by atoms with Crippen LogP contribution in [0, 0.1) is 0 Å². The molecule has 2 aromatic heterocycles. The minimum atomic E-state index is -0.413. The second kappa shape index (κ2) is 8.05. The lowest BCUT2D eigenvalue weighted by Gasteiger charge is -2.07. The van der Waals surface area contributed by atoms with Crippen molar-refractivity contribution < 1.29 is 18.8 Å². The highest BCUT2D eigenvalue weighted by atomic mass is 16.5. The van der Waals surface area contributed by atoms with Crippen molar-refractivity contribution >= 4 is 16.8 Å². The Morgan fingerprint density at radius 3 is 2.79 bits per heavy atom. The number of nitrogens with one attached hydrogen (secondary N) is 2. The zero-order valence-electron chi connectivity index (χ0n) is 16.1. The number of aromatic nitrogens is 3. The van der Waals surface area contributed by atoms with Crippen LogP contribution in [0.4, 0.5) is 0 Å². The predicted molar refractivity (Wildman–Crippen MR) is 107 cm³/mol. The molecule has 0 aliphatic rings. The van der Waals surface area contributed by atoms with Gasteiger partial charge >= 0.3 is 11.8 Å². The maximum absolute atomic E-state index is 12.3. The normalized spacial score (nSPS) is 10.8. The van der Waals surface area contributed by atoms with Gasteiger partial charge in [0.25, 0.3) is 0 Å². The maximum atomic E-state index is 12.3. The summed E-state index contributed by atoms with van der Waals surface area (Å²) in [6.07, 6.45) is 2.64. The van der Waals surface area contributed by atoms with Crippen LogP contribution in [0.2, 0.25) is 0 Å². The maximum Gasteiger partial charge on any atom is 0.316 e. The summed E-state index contributed by atoms with van der Waals surface area (Å²) < 4.78 is 15.6. The summed E-state index contributed by atoms with van der Waals surface area (Å²) in [4.78, 5) is 19.8. The number of nitrogens with zero attached hydrogens (tertiary/aromatic N) is 2. The Balaban J connectivity index is 1.41. The van der Waals surface area contributed by atoms with Crippen molar-refractivity contribution in [2.75, 3.05) is 20.8 Å². The third-order valence-corrected chi connectivity index (χ3v) is 4.62. The Morgan fingerprint density at radius 2 is 1.97 bits per heavy atom. The quantitative estimate of drug-likeness (QED) is 0.501. The molecule has 2 N–H and O–H groups in total. The highest BCUT2D eigenvalue weighted by Crippen LogP contribution is 2.31. The van der Waals surface area contributed by atoms with E-state index in [0.717, 1.165) is 16.5 Å². The number of carbonyl (C=O) groups excluding carboxylic acids is 1. The standard InChI is InChI=1S/C21H20N4O4/c1-27-17-8-7-13(11-18(17)28-2)19-24-21(29-25-19)20(26)22-10-9-14-12-23-16-6-4-3-5-15(14)16/h3-8,11-12,23H,9-10H2,1-2H3,(H,22,26). The van der Waals surface area contributed by atoms with Gasteiger partial charge in [-0.05, 0) is 36.2 Å². The van der Waals surface area contributed by atoms with Crippen molar-refractivity contribution in [2.24, 2.45) is 0 Å². The number of rotatable bonds is 7. The Bertz CT molecular complexity index is 1150. The van der Waals surface area contributed by atoms with Crippen LogP contribution < -0.4 is 14.8 Å². The second-order valence-corrected chi connectivity index (χ2v) is 6.36. The Kier molecular flexibility index (Phi) is 5.15. The van der Waals surface area contributed by atoms with Gasteiger partial charge < -0.3 is 24.3 Å². The lowest BCUT2D eigenvalue weighted by atomic mass is 10.1. The van der Waals surface area contributed by atoms with E-state index in [1.807, 2.05) is 24.4 Å². The van der Waals surface area contributed by atoms with Crippen molar-refractivity contribution in [3.63, 3.8) is 0 Å². The third kappa shape index (κ3) is 3.77. The van der Waals surface area contributed by atoms with Crippen molar-refractivity contribution in [3.05, 3.63) is 60.1 Å². The average molecular weight is 392 g/mol. The summed E-state index contributed by atoms with van der Waals surface area (Å²) in [5.41, 5.74) is 2.87. The van der Waals surface area contributed by atoms with E-state index in [0.29, 0.717) is 35.9 Å². The van der Waals surface area contributed by atoms with Gasteiger partial charge in [0.15, 0.2) is 11.5 Å². The van der Waals surface area contributed by atoms with Crippen molar-refractivity contribution in [1.29, 1.82) is 0 Å². The number of carbonyl (C=O) groups is 1. The lowest BCUT2D eigenvalue weighted by Crippen LogP contribution is -2.25. The molecule has 4 aromatic rings. The molecule has 29 heavy (non-hydrogen) atoms. The molecule has 0 saturated heterocycles. The summed E-state index contributed by atoms with van der Waals surface area (Å²) in [7, 11) is 3.11. The first-order chi connectivity index (χ1) is 14.2. The van der Waals surface area contributed by atoms with Crippen LogP contribution in [0.25, 0.3) is 22.3 Å². The van der Waals surface area contributed by atoms with E-state index >= 15 is 0 Å². The van der Waals surface area contributed by atoms with Crippen LogP contribution >= 0.6 is 0 Å². The van der Waals surface area contributed by atoms with Crippen molar-refractivity contribution in [2.45, 2.75) is 6.42 Å². The first kappa shape index (κ1) is 18.5. The summed E-state index contributed by atoms with van der Waals surface area (Å²) in [6, 6.07) is 13.3. The average Bonchev–Trinajstić information content (AvgIpc) is 3.41. The first-order valence-corrected chi connectivity index (χ1v) is 9.09. The van der Waals surface area contributed by atoms with Gasteiger partial charge in [-0.2, -0.15) is 4.98 Å². The monoisotopic (exact) mass is 392 g/mol. The highest BCUT2D eigenvalue weighted by Gasteiger charge is 2.17. The zero-order valence-corrected chi connectivity index (χ0v) is 16.1. The number of amides is 1. The molecule has 2 heterocycles. The Morgan fingerprint density at radius 1 is 1.14 bits per heavy atom. The zero-order chi connectivity index (χ0) is 20.2. The smallest absolute Gasteiger partial charge is 0.316 e. The summed E-state index contributed by atoms with van der Waals surface area (Å²) in [6.45, 7) is 0.453. The number of methoxy groups -OCH3 is 2. The van der Waals surface area contributed by atoms with Crippen molar-refractivity contribution in [3.8, 4) is 22.9 Å². The van der Waals surface area contributed by atoms with E-state index in [1.54, 1.807) is 32.4 Å². The number of para-hydroxylation sites is 1. The van der Waals surface area contributed by atoms with Crippen LogP contribution in [0.5, 0.6) is 11.5 Å². The van der Waals surface area contributed by atoms with Gasteiger partial charge in [0.05, 0.1) is 14.2 Å². The lowest BCUT2D eigenvalue weighted by molar-refractivity contribution is 0.0910. The van der Waals surface area contributed by atoms with Crippen LogP contribution in [0.1, 0.15) is 16.2 Å². The molecule has 0 aliphatic heterocycles. The van der Waals surface area contributed by atoms with Crippen LogP contribution in [-0.2, 0) is 6.42 Å². The van der Waals surface area contributed by atoms with Gasteiger partial charge in [-0.1, -0.05) is 23.4 Å². The molecular weight excluding hydrogens is 372 g/mol. The second-order valence-electron chi connectivity index (χ2n) is 6.36. The largest absolute Gasteiger partial charge is 0.493 e. The number of H-pyrrole nitrogens is 1. The minimum absolute atomic E-state index is 0.0892. The van der Waals surface area contributed by atoms with Crippen LogP contribution in [0.3, 0.4) is 0 Å². The molecule has 8 nitrogen and oxygen atoms in total. The molecule has 4 rings (SSSR count). The van der Waals surface area contributed by atoms with Gasteiger partial charge in [0.1, 0.15) is 0 Å². The Labute approximate surface area is 166 Å². The molecule has 1 amide bonds. The van der Waals surface area contributed by atoms with E-state index in [2.05, 4.69) is 26.5 Å². The third-order valence-electron chi connectivity index (χ3n) is 4.62. The summed E-state index contributed by atoms with van der Waals surface area (Å²) in [5.74, 6) is 0.931. The van der Waals surface area contributed by atoms with Gasteiger partial charge in [-0.15, -0.1) is 0 Å². The predicted octanol–water partition coefficient (Wildman–Crippen LogP) is 3.21. The molecule has 0 bridgehead atoms. The van der Waals surface area contributed by atoms with Gasteiger partial charge in [-0.25, -0.2) is 0 Å². The van der Waals surface area contributed by atoms with E-state index in [1.165, 1.54) is 0 Å². The van der Waals surface area contributed by atoms with Crippen LogP contribution in [-0.4, -0.2) is 41.8 Å². The molecular formula is C21H20N4O4. The molecule has 8 heteroatoms. The Hall–Kier alpha value is -3.81. The molecule has 0 atom stereocenters. The molecule has 0 fully saturated rings. The summed E-state index contributed by atoms with van der Waals surface area (Å²) in [5, 5.41) is 7.85. The molecule has 0 aliphatic carbocycles. The van der Waals surface area contributed by atoms with Gasteiger partial charge in [0.2, 0.25) is 5.82 Å². The van der Waals surface area contributed by atoms with Crippen molar-refractivity contribution in [1.82, 2.24) is 20.4 Å². The minimum Gasteiger partial charge on any atom is -0.493 e. The SMILES string of the molecule is COc1ccc(-c2noc(C(=O)NCCc3c[nH]c4ccccc34)n2)cc1OC. The number of hydrogen-bond donors (Lipinski definition) is 2. The molecule has 148 valence electrons. The number of fused-ring (bicyclic) bond motifs is 1. The molecule has 0 radical (unpaired) electrons. The fourth-order valence-corrected chi connectivity index (χ4v) is 3.13. The van der Waals surface area contributed by atoms with Crippen LogP contribution in [0.15, 0.2) is 53.2 Å². The number of hydrogen-bond acceptors (Lipinski definition) is 6.